The molecule has 0 spiro atoms. The fourth-order valence-corrected chi connectivity index (χ4v) is 2.12. The zero-order valence-electron chi connectivity index (χ0n) is 10.6. The zero-order chi connectivity index (χ0) is 12.3. The van der Waals surface area contributed by atoms with E-state index >= 15 is 0 Å². The topological polar surface area (TPSA) is 58.3 Å². The highest BCUT2D eigenvalue weighted by molar-refractivity contribution is 5.05. The second-order valence-electron chi connectivity index (χ2n) is 4.81. The third kappa shape index (κ3) is 3.21. The van der Waals surface area contributed by atoms with Crippen molar-refractivity contribution in [3.8, 4) is 0 Å². The molecule has 0 aromatic carbocycles. The monoisotopic (exact) mass is 235 g/mol. The molecule has 1 aliphatic heterocycles. The SMILES string of the molecule is CN1CCN(C)C(Cc2ncc(CN)cn2)C1. The fourth-order valence-electron chi connectivity index (χ4n) is 2.12. The van der Waals surface area contributed by atoms with E-state index in [1.165, 1.54) is 0 Å². The van der Waals surface area contributed by atoms with Gasteiger partial charge in [0.05, 0.1) is 0 Å². The second-order valence-corrected chi connectivity index (χ2v) is 4.81. The van der Waals surface area contributed by atoms with Crippen molar-refractivity contribution < 1.29 is 0 Å². The number of rotatable bonds is 3. The fraction of sp³-hybridized carbons (Fsp3) is 0.667. The van der Waals surface area contributed by atoms with Crippen LogP contribution in [0.15, 0.2) is 12.4 Å². The molecular formula is C12H21N5. The van der Waals surface area contributed by atoms with Crippen molar-refractivity contribution in [1.82, 2.24) is 19.8 Å². The minimum Gasteiger partial charge on any atom is -0.326 e. The van der Waals surface area contributed by atoms with Gasteiger partial charge in [-0.25, -0.2) is 9.97 Å². The van der Waals surface area contributed by atoms with Crippen molar-refractivity contribution in [2.75, 3.05) is 33.7 Å². The Morgan fingerprint density at radius 3 is 2.65 bits per heavy atom. The van der Waals surface area contributed by atoms with Crippen LogP contribution in [0.4, 0.5) is 0 Å². The summed E-state index contributed by atoms with van der Waals surface area (Å²) < 4.78 is 0. The van der Waals surface area contributed by atoms with Gasteiger partial charge in [0.25, 0.3) is 0 Å². The Hall–Kier alpha value is -1.04. The van der Waals surface area contributed by atoms with Crippen molar-refractivity contribution in [1.29, 1.82) is 0 Å². The molecule has 5 nitrogen and oxygen atoms in total. The smallest absolute Gasteiger partial charge is 0.129 e. The number of hydrogen-bond acceptors (Lipinski definition) is 5. The van der Waals surface area contributed by atoms with Crippen LogP contribution in [0.3, 0.4) is 0 Å². The first-order chi connectivity index (χ1) is 8.19. The molecular weight excluding hydrogens is 214 g/mol. The summed E-state index contributed by atoms with van der Waals surface area (Å²) in [6, 6.07) is 0.512. The third-order valence-electron chi connectivity index (χ3n) is 3.39. The molecule has 0 bridgehead atoms. The van der Waals surface area contributed by atoms with E-state index in [4.69, 9.17) is 5.73 Å². The van der Waals surface area contributed by atoms with Crippen molar-refractivity contribution >= 4 is 0 Å². The van der Waals surface area contributed by atoms with E-state index in [-0.39, 0.29) is 0 Å². The van der Waals surface area contributed by atoms with E-state index < -0.39 is 0 Å². The van der Waals surface area contributed by atoms with Crippen molar-refractivity contribution in [2.45, 2.75) is 19.0 Å². The molecule has 94 valence electrons. The highest BCUT2D eigenvalue weighted by Crippen LogP contribution is 2.10. The first-order valence-corrected chi connectivity index (χ1v) is 6.07. The van der Waals surface area contributed by atoms with Crippen LogP contribution >= 0.6 is 0 Å². The summed E-state index contributed by atoms with van der Waals surface area (Å²) in [6.07, 6.45) is 4.56. The molecule has 17 heavy (non-hydrogen) atoms. The predicted octanol–water partition coefficient (Wildman–Crippen LogP) is -0.276. The lowest BCUT2D eigenvalue weighted by Crippen LogP contribution is -2.50. The molecule has 2 rings (SSSR count). The van der Waals surface area contributed by atoms with Crippen LogP contribution in [-0.4, -0.2) is 59.5 Å². The number of aromatic nitrogens is 2. The van der Waals surface area contributed by atoms with Crippen LogP contribution in [-0.2, 0) is 13.0 Å². The van der Waals surface area contributed by atoms with Crippen LogP contribution < -0.4 is 5.73 Å². The van der Waals surface area contributed by atoms with Gasteiger partial charge in [-0.1, -0.05) is 0 Å². The molecule has 2 heterocycles. The first-order valence-electron chi connectivity index (χ1n) is 6.07. The summed E-state index contributed by atoms with van der Waals surface area (Å²) in [5, 5.41) is 0. The lowest BCUT2D eigenvalue weighted by Gasteiger charge is -2.37. The summed E-state index contributed by atoms with van der Waals surface area (Å²) in [4.78, 5) is 13.5. The van der Waals surface area contributed by atoms with Crippen LogP contribution in [0.2, 0.25) is 0 Å². The molecule has 1 fully saturated rings. The van der Waals surface area contributed by atoms with Gasteiger partial charge < -0.3 is 15.5 Å². The van der Waals surface area contributed by atoms with E-state index in [0.717, 1.165) is 37.4 Å². The Balaban J connectivity index is 1.98. The van der Waals surface area contributed by atoms with E-state index in [1.54, 1.807) is 0 Å². The Morgan fingerprint density at radius 1 is 1.29 bits per heavy atom. The normalized spacial score (nSPS) is 22.9. The van der Waals surface area contributed by atoms with Gasteiger partial charge in [-0.3, -0.25) is 0 Å². The maximum absolute atomic E-state index is 5.53. The summed E-state index contributed by atoms with van der Waals surface area (Å²) >= 11 is 0. The first kappa shape index (κ1) is 12.4. The van der Waals surface area contributed by atoms with Crippen LogP contribution in [0.1, 0.15) is 11.4 Å². The minimum absolute atomic E-state index is 0.506. The molecule has 1 saturated heterocycles. The number of nitrogens with two attached hydrogens (primary N) is 1. The van der Waals surface area contributed by atoms with Gasteiger partial charge in [-0.2, -0.15) is 0 Å². The lowest BCUT2D eigenvalue weighted by molar-refractivity contribution is 0.113. The van der Waals surface area contributed by atoms with Gasteiger partial charge in [-0.15, -0.1) is 0 Å². The van der Waals surface area contributed by atoms with Crippen LogP contribution in [0.5, 0.6) is 0 Å². The summed E-state index contributed by atoms with van der Waals surface area (Å²) in [6.45, 7) is 3.84. The Kier molecular flexibility index (Phi) is 4.04. The van der Waals surface area contributed by atoms with E-state index in [9.17, 15) is 0 Å². The minimum atomic E-state index is 0.506. The Bertz CT molecular complexity index is 350. The molecule has 0 amide bonds. The van der Waals surface area contributed by atoms with Gasteiger partial charge in [0.15, 0.2) is 0 Å². The maximum atomic E-state index is 5.53. The number of likely N-dealkylation sites (N-methyl/N-ethyl adjacent to an activating group) is 2. The van der Waals surface area contributed by atoms with Crippen molar-refractivity contribution in [3.63, 3.8) is 0 Å². The van der Waals surface area contributed by atoms with Crippen molar-refractivity contribution in [2.24, 2.45) is 5.73 Å². The molecule has 2 N–H and O–H groups in total. The lowest BCUT2D eigenvalue weighted by atomic mass is 10.1. The predicted molar refractivity (Wildman–Crippen MR) is 67.5 cm³/mol. The molecule has 1 aromatic rings. The van der Waals surface area contributed by atoms with Gasteiger partial charge in [0.2, 0.25) is 0 Å². The zero-order valence-corrected chi connectivity index (χ0v) is 10.6. The van der Waals surface area contributed by atoms with Crippen LogP contribution in [0, 0.1) is 0 Å². The third-order valence-corrected chi connectivity index (χ3v) is 3.39. The second kappa shape index (κ2) is 5.53. The van der Waals surface area contributed by atoms with Gasteiger partial charge >= 0.3 is 0 Å². The summed E-state index contributed by atoms with van der Waals surface area (Å²) in [7, 11) is 4.34. The molecule has 1 aromatic heterocycles. The average molecular weight is 235 g/mol. The number of piperazine rings is 1. The Labute approximate surface area is 103 Å². The summed E-state index contributed by atoms with van der Waals surface area (Å²) in [5.41, 5.74) is 6.52. The standard InChI is InChI=1S/C12H21N5/c1-16-3-4-17(2)11(9-16)5-12-14-7-10(6-13)8-15-12/h7-8,11H,3-6,9,13H2,1-2H3. The van der Waals surface area contributed by atoms with Crippen molar-refractivity contribution in [3.05, 3.63) is 23.8 Å². The molecule has 0 radical (unpaired) electrons. The summed E-state index contributed by atoms with van der Waals surface area (Å²) in [5.74, 6) is 0.911. The molecule has 5 heteroatoms. The largest absolute Gasteiger partial charge is 0.326 e. The molecule has 1 atom stereocenters. The molecule has 1 aliphatic rings. The Morgan fingerprint density at radius 2 is 2.00 bits per heavy atom. The van der Waals surface area contributed by atoms with E-state index in [2.05, 4.69) is 33.9 Å². The molecule has 0 aliphatic carbocycles. The highest BCUT2D eigenvalue weighted by atomic mass is 15.3. The molecule has 0 saturated carbocycles. The quantitative estimate of drug-likeness (QED) is 0.781. The number of nitrogens with zero attached hydrogens (tertiary/aromatic N) is 4. The van der Waals surface area contributed by atoms with Crippen LogP contribution in [0.25, 0.3) is 0 Å². The van der Waals surface area contributed by atoms with Gasteiger partial charge in [-0.05, 0) is 14.1 Å². The average Bonchev–Trinajstić information content (AvgIpc) is 2.35. The van der Waals surface area contributed by atoms with Gasteiger partial charge in [0.1, 0.15) is 5.82 Å². The number of hydrogen-bond donors (Lipinski definition) is 1. The maximum Gasteiger partial charge on any atom is 0.129 e. The molecule has 1 unspecified atom stereocenters. The van der Waals surface area contributed by atoms with E-state index in [1.807, 2.05) is 12.4 Å². The van der Waals surface area contributed by atoms with Gasteiger partial charge in [0, 0.05) is 56.6 Å². The van der Waals surface area contributed by atoms with E-state index in [0.29, 0.717) is 12.6 Å². The highest BCUT2D eigenvalue weighted by Gasteiger charge is 2.22.